The van der Waals surface area contributed by atoms with Gasteiger partial charge in [-0.1, -0.05) is 6.07 Å². The van der Waals surface area contributed by atoms with Gasteiger partial charge in [0.2, 0.25) is 5.91 Å². The van der Waals surface area contributed by atoms with Gasteiger partial charge >= 0.3 is 0 Å². The van der Waals surface area contributed by atoms with Crippen molar-refractivity contribution in [1.29, 1.82) is 0 Å². The molecule has 17 heavy (non-hydrogen) atoms. The fourth-order valence-corrected chi connectivity index (χ4v) is 1.29. The van der Waals surface area contributed by atoms with Crippen LogP contribution in [0.1, 0.15) is 13.3 Å². The van der Waals surface area contributed by atoms with E-state index in [1.165, 1.54) is 12.1 Å². The molecule has 0 aromatic heterocycles. The number of nitrogens with one attached hydrogen (secondary N) is 2. The lowest BCUT2D eigenvalue weighted by Gasteiger charge is -2.10. The predicted octanol–water partition coefficient (Wildman–Crippen LogP) is 1.77. The lowest BCUT2D eigenvalue weighted by Crippen LogP contribution is -2.34. The summed E-state index contributed by atoms with van der Waals surface area (Å²) in [5.74, 6) is 1.90. The van der Waals surface area contributed by atoms with Gasteiger partial charge < -0.3 is 10.6 Å². The molecule has 0 saturated carbocycles. The van der Waals surface area contributed by atoms with Crippen LogP contribution in [0.4, 0.5) is 10.1 Å². The summed E-state index contributed by atoms with van der Waals surface area (Å²) in [6.07, 6.45) is 5.71. The smallest absolute Gasteiger partial charge is 0.238 e. The highest BCUT2D eigenvalue weighted by atomic mass is 19.1. The van der Waals surface area contributed by atoms with Gasteiger partial charge in [-0.2, -0.15) is 0 Å². The number of benzene rings is 1. The number of terminal acetylenes is 1. The van der Waals surface area contributed by atoms with E-state index in [1.807, 2.05) is 6.92 Å². The Labute approximate surface area is 100 Å². The van der Waals surface area contributed by atoms with Crippen LogP contribution in [0.15, 0.2) is 24.3 Å². The van der Waals surface area contributed by atoms with Crippen molar-refractivity contribution in [2.24, 2.45) is 0 Å². The highest BCUT2D eigenvalue weighted by Crippen LogP contribution is 2.08. The Morgan fingerprint density at radius 2 is 2.35 bits per heavy atom. The van der Waals surface area contributed by atoms with E-state index in [1.54, 1.807) is 12.1 Å². The van der Waals surface area contributed by atoms with Crippen LogP contribution in [0.2, 0.25) is 0 Å². The first-order chi connectivity index (χ1) is 8.11. The van der Waals surface area contributed by atoms with Crippen LogP contribution in [0.3, 0.4) is 0 Å². The van der Waals surface area contributed by atoms with Gasteiger partial charge in [0.15, 0.2) is 0 Å². The molecule has 2 N–H and O–H groups in total. The standard InChI is InChI=1S/C13H15FN2O/c1-3-5-10(2)15-9-13(17)16-12-7-4-6-11(14)8-12/h1,4,6-8,10,15H,5,9H2,2H3,(H,16,17). The molecular formula is C13H15FN2O. The second-order valence-electron chi connectivity index (χ2n) is 3.75. The Bertz CT molecular complexity index is 426. The van der Waals surface area contributed by atoms with Gasteiger partial charge in [-0.25, -0.2) is 4.39 Å². The van der Waals surface area contributed by atoms with E-state index in [0.29, 0.717) is 12.1 Å². The fourth-order valence-electron chi connectivity index (χ4n) is 1.29. The first-order valence-corrected chi connectivity index (χ1v) is 5.34. The molecule has 1 amide bonds. The molecule has 0 spiro atoms. The molecule has 1 unspecified atom stereocenters. The average molecular weight is 234 g/mol. The van der Waals surface area contributed by atoms with Crippen molar-refractivity contribution in [3.63, 3.8) is 0 Å². The number of hydrogen-bond acceptors (Lipinski definition) is 2. The number of carbonyl (C=O) groups is 1. The topological polar surface area (TPSA) is 41.1 Å². The van der Waals surface area contributed by atoms with Crippen LogP contribution >= 0.6 is 0 Å². The molecule has 3 nitrogen and oxygen atoms in total. The average Bonchev–Trinajstić information content (AvgIpc) is 2.27. The largest absolute Gasteiger partial charge is 0.325 e. The highest BCUT2D eigenvalue weighted by Gasteiger charge is 2.05. The lowest BCUT2D eigenvalue weighted by atomic mass is 10.2. The van der Waals surface area contributed by atoms with Gasteiger partial charge in [0.05, 0.1) is 6.54 Å². The normalized spacial score (nSPS) is 11.6. The third kappa shape index (κ3) is 5.14. The SMILES string of the molecule is C#CCC(C)NCC(=O)Nc1cccc(F)c1. The van der Waals surface area contributed by atoms with Crippen molar-refractivity contribution >= 4 is 11.6 Å². The molecule has 1 aromatic carbocycles. The summed E-state index contributed by atoms with van der Waals surface area (Å²) >= 11 is 0. The minimum atomic E-state index is -0.378. The molecule has 1 atom stereocenters. The van der Waals surface area contributed by atoms with Gasteiger partial charge in [0.25, 0.3) is 0 Å². The minimum absolute atomic E-state index is 0.0817. The Kier molecular flexibility index (Phi) is 5.18. The van der Waals surface area contributed by atoms with Crippen molar-refractivity contribution in [3.8, 4) is 12.3 Å². The van der Waals surface area contributed by atoms with E-state index >= 15 is 0 Å². The monoisotopic (exact) mass is 234 g/mol. The molecule has 0 aliphatic heterocycles. The molecule has 0 saturated heterocycles. The summed E-state index contributed by atoms with van der Waals surface area (Å²) in [6, 6.07) is 5.84. The quantitative estimate of drug-likeness (QED) is 0.762. The molecule has 0 aliphatic carbocycles. The maximum atomic E-state index is 12.8. The zero-order valence-electron chi connectivity index (χ0n) is 9.66. The molecule has 0 bridgehead atoms. The molecule has 90 valence electrons. The molecule has 1 aromatic rings. The number of hydrogen-bond donors (Lipinski definition) is 2. The summed E-state index contributed by atoms with van der Waals surface area (Å²) < 4.78 is 12.8. The van der Waals surface area contributed by atoms with Gasteiger partial charge in [-0.15, -0.1) is 12.3 Å². The van der Waals surface area contributed by atoms with Crippen LogP contribution in [0, 0.1) is 18.2 Å². The summed E-state index contributed by atoms with van der Waals surface area (Å²) in [6.45, 7) is 2.05. The van der Waals surface area contributed by atoms with E-state index in [9.17, 15) is 9.18 Å². The molecule has 0 fully saturated rings. The zero-order valence-corrected chi connectivity index (χ0v) is 9.66. The van der Waals surface area contributed by atoms with Crippen LogP contribution < -0.4 is 10.6 Å². The van der Waals surface area contributed by atoms with E-state index in [-0.39, 0.29) is 24.3 Å². The molecule has 4 heteroatoms. The second-order valence-corrected chi connectivity index (χ2v) is 3.75. The van der Waals surface area contributed by atoms with Crippen LogP contribution in [0.5, 0.6) is 0 Å². The van der Waals surface area contributed by atoms with Crippen molar-refractivity contribution in [1.82, 2.24) is 5.32 Å². The fraction of sp³-hybridized carbons (Fsp3) is 0.308. The predicted molar refractivity (Wildman–Crippen MR) is 65.9 cm³/mol. The Morgan fingerprint density at radius 3 is 3.00 bits per heavy atom. The number of anilines is 1. The summed E-state index contributed by atoms with van der Waals surface area (Å²) in [4.78, 5) is 11.5. The van der Waals surface area contributed by atoms with Gasteiger partial charge in [-0.3, -0.25) is 4.79 Å². The first-order valence-electron chi connectivity index (χ1n) is 5.34. The van der Waals surface area contributed by atoms with Gasteiger partial charge in [0, 0.05) is 18.2 Å². The number of rotatable bonds is 5. The number of carbonyl (C=O) groups excluding carboxylic acids is 1. The number of amides is 1. The van der Waals surface area contributed by atoms with Crippen molar-refractivity contribution < 1.29 is 9.18 Å². The summed E-state index contributed by atoms with van der Waals surface area (Å²) in [7, 11) is 0. The minimum Gasteiger partial charge on any atom is -0.325 e. The Balaban J connectivity index is 2.38. The molecule has 0 heterocycles. The van der Waals surface area contributed by atoms with E-state index in [4.69, 9.17) is 6.42 Å². The van der Waals surface area contributed by atoms with E-state index in [0.717, 1.165) is 0 Å². The maximum Gasteiger partial charge on any atom is 0.238 e. The first kappa shape index (κ1) is 13.2. The van der Waals surface area contributed by atoms with Crippen molar-refractivity contribution in [3.05, 3.63) is 30.1 Å². The molecule has 0 radical (unpaired) electrons. The van der Waals surface area contributed by atoms with Crippen LogP contribution in [-0.2, 0) is 4.79 Å². The molecule has 0 aliphatic rings. The third-order valence-corrected chi connectivity index (χ3v) is 2.14. The Hall–Kier alpha value is -1.86. The van der Waals surface area contributed by atoms with Crippen molar-refractivity contribution in [2.45, 2.75) is 19.4 Å². The van der Waals surface area contributed by atoms with Gasteiger partial charge in [0.1, 0.15) is 5.82 Å². The van der Waals surface area contributed by atoms with Crippen LogP contribution in [-0.4, -0.2) is 18.5 Å². The zero-order chi connectivity index (χ0) is 12.7. The maximum absolute atomic E-state index is 12.8. The highest BCUT2D eigenvalue weighted by molar-refractivity contribution is 5.92. The van der Waals surface area contributed by atoms with E-state index < -0.39 is 0 Å². The number of halogens is 1. The van der Waals surface area contributed by atoms with Gasteiger partial charge in [-0.05, 0) is 25.1 Å². The molecule has 1 rings (SSSR count). The second kappa shape index (κ2) is 6.66. The Morgan fingerprint density at radius 1 is 1.59 bits per heavy atom. The summed E-state index contributed by atoms with van der Waals surface area (Å²) in [5, 5.41) is 5.56. The van der Waals surface area contributed by atoms with E-state index in [2.05, 4.69) is 16.6 Å². The third-order valence-electron chi connectivity index (χ3n) is 2.14. The molecular weight excluding hydrogens is 219 g/mol. The lowest BCUT2D eigenvalue weighted by molar-refractivity contribution is -0.115. The summed E-state index contributed by atoms with van der Waals surface area (Å²) in [5.41, 5.74) is 0.446. The van der Waals surface area contributed by atoms with Crippen LogP contribution in [0.25, 0.3) is 0 Å². The van der Waals surface area contributed by atoms with Crippen molar-refractivity contribution in [2.75, 3.05) is 11.9 Å².